The molecule has 0 aliphatic heterocycles. The van der Waals surface area contributed by atoms with Crippen molar-refractivity contribution in [1.29, 1.82) is 0 Å². The largest absolute Gasteiger partial charge is 0.465 e. The van der Waals surface area contributed by atoms with E-state index in [0.717, 1.165) is 27.7 Å². The lowest BCUT2D eigenvalue weighted by Gasteiger charge is -2.13. The van der Waals surface area contributed by atoms with Crippen LogP contribution in [-0.4, -0.2) is 24.0 Å². The Bertz CT molecular complexity index is 1260. The number of rotatable bonds is 4. The van der Waals surface area contributed by atoms with Gasteiger partial charge >= 0.3 is 5.97 Å². The quantitative estimate of drug-likeness (QED) is 0.479. The molecular weight excluding hydrogens is 376 g/mol. The molecule has 4 aromatic rings. The molecule has 0 bridgehead atoms. The van der Waals surface area contributed by atoms with E-state index in [2.05, 4.69) is 5.32 Å². The molecule has 0 spiro atoms. The van der Waals surface area contributed by atoms with Gasteiger partial charge in [-0.25, -0.2) is 9.78 Å². The van der Waals surface area contributed by atoms with Gasteiger partial charge in [0.2, 0.25) is 0 Å². The molecule has 0 aliphatic rings. The Balaban J connectivity index is 1.82. The number of anilines is 1. The van der Waals surface area contributed by atoms with Crippen molar-refractivity contribution in [2.45, 2.75) is 6.92 Å². The van der Waals surface area contributed by atoms with Crippen molar-refractivity contribution in [2.75, 3.05) is 12.4 Å². The van der Waals surface area contributed by atoms with Gasteiger partial charge in [-0.3, -0.25) is 4.79 Å². The van der Waals surface area contributed by atoms with E-state index in [-0.39, 0.29) is 5.91 Å². The molecule has 3 aromatic carbocycles. The summed E-state index contributed by atoms with van der Waals surface area (Å²) in [6.07, 6.45) is 0. The average molecular weight is 396 g/mol. The van der Waals surface area contributed by atoms with Crippen molar-refractivity contribution in [1.82, 2.24) is 4.98 Å². The van der Waals surface area contributed by atoms with Crippen LogP contribution in [0.2, 0.25) is 0 Å². The Morgan fingerprint density at radius 3 is 2.37 bits per heavy atom. The Kier molecular flexibility index (Phi) is 5.26. The van der Waals surface area contributed by atoms with Crippen LogP contribution in [-0.2, 0) is 4.74 Å². The molecule has 0 aliphatic carbocycles. The zero-order valence-electron chi connectivity index (χ0n) is 16.7. The number of ether oxygens (including phenoxy) is 1. The van der Waals surface area contributed by atoms with Gasteiger partial charge in [0.15, 0.2) is 0 Å². The molecule has 1 heterocycles. The highest BCUT2D eigenvalue weighted by Crippen LogP contribution is 2.28. The number of para-hydroxylation sites is 2. The number of hydrogen-bond donors (Lipinski definition) is 1. The first-order valence-corrected chi connectivity index (χ1v) is 9.53. The highest BCUT2D eigenvalue weighted by atomic mass is 16.5. The van der Waals surface area contributed by atoms with E-state index in [1.165, 1.54) is 7.11 Å². The normalized spacial score (nSPS) is 10.6. The van der Waals surface area contributed by atoms with Gasteiger partial charge < -0.3 is 10.1 Å². The van der Waals surface area contributed by atoms with Crippen molar-refractivity contribution >= 4 is 28.5 Å². The van der Waals surface area contributed by atoms with E-state index in [1.54, 1.807) is 30.3 Å². The Hall–Kier alpha value is -3.99. The first kappa shape index (κ1) is 19.3. The van der Waals surface area contributed by atoms with E-state index in [9.17, 15) is 9.59 Å². The molecule has 0 radical (unpaired) electrons. The number of nitrogens with zero attached hydrogens (tertiary/aromatic N) is 1. The van der Waals surface area contributed by atoms with Crippen LogP contribution in [0.4, 0.5) is 5.69 Å². The van der Waals surface area contributed by atoms with Crippen LogP contribution in [0, 0.1) is 6.92 Å². The number of fused-ring (bicyclic) bond motifs is 1. The summed E-state index contributed by atoms with van der Waals surface area (Å²) in [7, 11) is 1.31. The molecule has 0 fully saturated rings. The van der Waals surface area contributed by atoms with Crippen LogP contribution in [0.25, 0.3) is 22.2 Å². The van der Waals surface area contributed by atoms with Crippen molar-refractivity contribution in [3.05, 3.63) is 95.6 Å². The number of aromatic nitrogens is 1. The monoisotopic (exact) mass is 396 g/mol. The number of carbonyl (C=O) groups is 2. The van der Waals surface area contributed by atoms with Crippen LogP contribution in [0.15, 0.2) is 78.9 Å². The fourth-order valence-electron chi connectivity index (χ4n) is 3.43. The van der Waals surface area contributed by atoms with Gasteiger partial charge in [0.25, 0.3) is 5.91 Å². The van der Waals surface area contributed by atoms with E-state index < -0.39 is 5.97 Å². The summed E-state index contributed by atoms with van der Waals surface area (Å²) in [6, 6.07) is 24.0. The summed E-state index contributed by atoms with van der Waals surface area (Å²) in [4.78, 5) is 30.1. The predicted molar refractivity (Wildman–Crippen MR) is 118 cm³/mol. The lowest BCUT2D eigenvalue weighted by molar-refractivity contribution is 0.0602. The summed E-state index contributed by atoms with van der Waals surface area (Å²) in [6.45, 7) is 2.01. The number of pyridine rings is 1. The van der Waals surface area contributed by atoms with Crippen molar-refractivity contribution in [2.24, 2.45) is 0 Å². The van der Waals surface area contributed by atoms with Crippen LogP contribution in [0.3, 0.4) is 0 Å². The molecule has 1 amide bonds. The molecule has 148 valence electrons. The molecule has 5 nitrogen and oxygen atoms in total. The third kappa shape index (κ3) is 3.65. The molecule has 0 atom stereocenters. The molecule has 0 saturated heterocycles. The number of nitrogens with one attached hydrogen (secondary N) is 1. The van der Waals surface area contributed by atoms with E-state index in [1.807, 2.05) is 55.5 Å². The summed E-state index contributed by atoms with van der Waals surface area (Å²) < 4.78 is 4.82. The maximum Gasteiger partial charge on any atom is 0.339 e. The second kappa shape index (κ2) is 8.17. The summed E-state index contributed by atoms with van der Waals surface area (Å²) in [5.74, 6) is -0.828. The minimum atomic E-state index is -0.508. The Morgan fingerprint density at radius 1 is 0.867 bits per heavy atom. The lowest BCUT2D eigenvalue weighted by atomic mass is 10.0. The van der Waals surface area contributed by atoms with Crippen molar-refractivity contribution < 1.29 is 14.3 Å². The highest BCUT2D eigenvalue weighted by molar-refractivity contribution is 6.14. The number of carbonyl (C=O) groups excluding carboxylic acids is 2. The fraction of sp³-hybridized carbons (Fsp3) is 0.0800. The Morgan fingerprint density at radius 2 is 1.57 bits per heavy atom. The minimum Gasteiger partial charge on any atom is -0.465 e. The molecular formula is C25H20N2O3. The number of amides is 1. The van der Waals surface area contributed by atoms with Crippen LogP contribution in [0.1, 0.15) is 26.3 Å². The number of esters is 1. The van der Waals surface area contributed by atoms with Gasteiger partial charge in [-0.15, -0.1) is 0 Å². The summed E-state index contributed by atoms with van der Waals surface area (Å²) in [5.41, 5.74) is 4.66. The molecule has 1 aromatic heterocycles. The molecule has 0 unspecified atom stereocenters. The first-order valence-electron chi connectivity index (χ1n) is 9.53. The van der Waals surface area contributed by atoms with Gasteiger partial charge in [-0.05, 0) is 36.8 Å². The smallest absolute Gasteiger partial charge is 0.339 e. The zero-order chi connectivity index (χ0) is 21.1. The van der Waals surface area contributed by atoms with E-state index >= 15 is 0 Å². The maximum atomic E-state index is 13.3. The van der Waals surface area contributed by atoms with Gasteiger partial charge in [0, 0.05) is 10.9 Å². The van der Waals surface area contributed by atoms with Crippen LogP contribution < -0.4 is 5.32 Å². The first-order chi connectivity index (χ1) is 14.6. The fourth-order valence-corrected chi connectivity index (χ4v) is 3.43. The standard InChI is InChI=1S/C25H20N2O3/c1-16-9-3-4-10-17(16)23-15-20(18-11-5-7-13-21(18)26-23)24(28)27-22-14-8-6-12-19(22)25(29)30-2/h3-15H,1-2H3,(H,27,28). The number of hydrogen-bond acceptors (Lipinski definition) is 4. The summed E-state index contributed by atoms with van der Waals surface area (Å²) >= 11 is 0. The van der Waals surface area contributed by atoms with Gasteiger partial charge in [0.1, 0.15) is 0 Å². The summed E-state index contributed by atoms with van der Waals surface area (Å²) in [5, 5.41) is 3.60. The van der Waals surface area contributed by atoms with Crippen molar-refractivity contribution in [3.63, 3.8) is 0 Å². The maximum absolute atomic E-state index is 13.3. The number of benzene rings is 3. The van der Waals surface area contributed by atoms with E-state index in [0.29, 0.717) is 16.8 Å². The molecule has 1 N–H and O–H groups in total. The van der Waals surface area contributed by atoms with Crippen LogP contribution >= 0.6 is 0 Å². The van der Waals surface area contributed by atoms with Gasteiger partial charge in [-0.1, -0.05) is 54.6 Å². The molecule has 0 saturated carbocycles. The third-order valence-corrected chi connectivity index (χ3v) is 4.96. The van der Waals surface area contributed by atoms with Crippen LogP contribution in [0.5, 0.6) is 0 Å². The van der Waals surface area contributed by atoms with Crippen molar-refractivity contribution in [3.8, 4) is 11.3 Å². The average Bonchev–Trinajstić information content (AvgIpc) is 2.78. The highest BCUT2D eigenvalue weighted by Gasteiger charge is 2.18. The van der Waals surface area contributed by atoms with Gasteiger partial charge in [0.05, 0.1) is 35.1 Å². The molecule has 30 heavy (non-hydrogen) atoms. The second-order valence-electron chi connectivity index (χ2n) is 6.88. The predicted octanol–water partition coefficient (Wildman–Crippen LogP) is 5.25. The molecule has 5 heteroatoms. The topological polar surface area (TPSA) is 68.3 Å². The number of methoxy groups -OCH3 is 1. The van der Waals surface area contributed by atoms with Gasteiger partial charge in [-0.2, -0.15) is 0 Å². The zero-order valence-corrected chi connectivity index (χ0v) is 16.7. The third-order valence-electron chi connectivity index (χ3n) is 4.96. The molecule has 4 rings (SSSR count). The second-order valence-corrected chi connectivity index (χ2v) is 6.88. The van der Waals surface area contributed by atoms with E-state index in [4.69, 9.17) is 9.72 Å². The number of aryl methyl sites for hydroxylation is 1. The minimum absolute atomic E-state index is 0.297. The lowest BCUT2D eigenvalue weighted by Crippen LogP contribution is -2.16. The SMILES string of the molecule is COC(=O)c1ccccc1NC(=O)c1cc(-c2ccccc2C)nc2ccccc12. The Labute approximate surface area is 174 Å².